The molecule has 2 rings (SSSR count). The molecule has 0 aliphatic carbocycles. The molecule has 0 bridgehead atoms. The van der Waals surface area contributed by atoms with Gasteiger partial charge in [0, 0.05) is 5.69 Å². The summed E-state index contributed by atoms with van der Waals surface area (Å²) in [5, 5.41) is 9.00. The molecular weight excluding hydrogens is 404 g/mol. The van der Waals surface area contributed by atoms with Gasteiger partial charge in [0.05, 0.1) is 16.8 Å². The molecule has 0 aromatic heterocycles. The zero-order valence-corrected chi connectivity index (χ0v) is 14.7. The third kappa shape index (κ3) is 6.13. The molecule has 0 aliphatic rings. The van der Waals surface area contributed by atoms with Gasteiger partial charge < -0.3 is 5.32 Å². The second kappa shape index (κ2) is 8.41. The topological polar surface area (TPSA) is 70.9 Å². The highest BCUT2D eigenvalue weighted by Crippen LogP contribution is 2.38. The van der Waals surface area contributed by atoms with E-state index in [2.05, 4.69) is 15.5 Å². The van der Waals surface area contributed by atoms with Crippen LogP contribution < -0.4 is 5.32 Å². The van der Waals surface area contributed by atoms with Crippen LogP contribution in [0.25, 0.3) is 0 Å². The monoisotopic (exact) mass is 417 g/mol. The molecule has 1 N–H and O–H groups in total. The summed E-state index contributed by atoms with van der Waals surface area (Å²) < 4.78 is 77.3. The number of anilines is 1. The van der Waals surface area contributed by atoms with Crippen LogP contribution in [-0.2, 0) is 21.9 Å². The van der Waals surface area contributed by atoms with E-state index in [-0.39, 0.29) is 6.07 Å². The van der Waals surface area contributed by atoms with E-state index in [1.165, 1.54) is 12.1 Å². The summed E-state index contributed by atoms with van der Waals surface area (Å²) in [5.74, 6) is -1.74. The van der Waals surface area contributed by atoms with Crippen LogP contribution in [0.5, 0.6) is 0 Å². The Morgan fingerprint density at radius 3 is 1.86 bits per heavy atom. The molecular formula is C18H13F6N3O2. The fourth-order valence-electron chi connectivity index (χ4n) is 2.17. The van der Waals surface area contributed by atoms with E-state index in [0.717, 1.165) is 6.92 Å². The maximum atomic E-state index is 12.9. The molecule has 2 aromatic carbocycles. The molecule has 0 saturated heterocycles. The lowest BCUT2D eigenvalue weighted by Crippen LogP contribution is -2.31. The Morgan fingerprint density at radius 2 is 1.41 bits per heavy atom. The Hall–Kier alpha value is -3.24. The molecule has 2 aromatic rings. The minimum atomic E-state index is -5.06. The average molecular weight is 417 g/mol. The van der Waals surface area contributed by atoms with Gasteiger partial charge in [-0.05, 0) is 37.3 Å². The second-order valence-electron chi connectivity index (χ2n) is 5.85. The van der Waals surface area contributed by atoms with Crippen molar-refractivity contribution in [3.05, 3.63) is 59.7 Å². The normalized spacial score (nSPS) is 13.3. The lowest BCUT2D eigenvalue weighted by atomic mass is 10.1. The molecule has 0 saturated carbocycles. The van der Waals surface area contributed by atoms with Gasteiger partial charge in [0.25, 0.3) is 5.91 Å². The molecule has 0 aliphatic heterocycles. The Bertz CT molecular complexity index is 891. The number of Topliss-reactive ketones (excluding diaryl/α,β-unsaturated/α-hetero) is 1. The van der Waals surface area contributed by atoms with E-state index in [1.807, 2.05) is 0 Å². The van der Waals surface area contributed by atoms with Gasteiger partial charge in [0.2, 0.25) is 6.04 Å². The summed E-state index contributed by atoms with van der Waals surface area (Å²) >= 11 is 0. The maximum absolute atomic E-state index is 12.9. The van der Waals surface area contributed by atoms with E-state index in [0.29, 0.717) is 17.8 Å². The van der Waals surface area contributed by atoms with Crippen LogP contribution in [0.3, 0.4) is 0 Å². The molecule has 0 radical (unpaired) electrons. The number of carbonyl (C=O) groups is 2. The molecule has 154 valence electrons. The number of halogens is 6. The molecule has 0 heterocycles. The van der Waals surface area contributed by atoms with Crippen LogP contribution in [0.15, 0.2) is 58.8 Å². The van der Waals surface area contributed by atoms with Crippen molar-refractivity contribution in [2.45, 2.75) is 25.3 Å². The van der Waals surface area contributed by atoms with Gasteiger partial charge in [0.15, 0.2) is 5.78 Å². The Kier molecular flexibility index (Phi) is 6.40. The van der Waals surface area contributed by atoms with Gasteiger partial charge in [0.1, 0.15) is 0 Å². The first-order valence-electron chi connectivity index (χ1n) is 7.94. The highest BCUT2D eigenvalue weighted by atomic mass is 19.4. The van der Waals surface area contributed by atoms with Gasteiger partial charge in [-0.25, -0.2) is 0 Å². The number of nitrogens with zero attached hydrogens (tertiary/aromatic N) is 2. The van der Waals surface area contributed by atoms with Crippen LogP contribution in [0.4, 0.5) is 37.7 Å². The Labute approximate surface area is 160 Å². The van der Waals surface area contributed by atoms with Crippen LogP contribution in [0.2, 0.25) is 0 Å². The SMILES string of the molecule is CC(=O)C(N=Nc1cc(C(F)(F)F)cc(C(F)(F)F)c1)C(=O)Nc1ccccc1. The fraction of sp³-hybridized carbons (Fsp3) is 0.222. The molecule has 5 nitrogen and oxygen atoms in total. The molecule has 1 unspecified atom stereocenters. The van der Waals surface area contributed by atoms with E-state index in [4.69, 9.17) is 0 Å². The number of hydrogen-bond donors (Lipinski definition) is 1. The van der Waals surface area contributed by atoms with Gasteiger partial charge in [-0.3, -0.25) is 9.59 Å². The standard InChI is InChI=1S/C18H13F6N3O2/c1-10(28)15(16(29)25-13-5-3-2-4-6-13)27-26-14-8-11(17(19,20)21)7-12(9-14)18(22,23)24/h2-9,15H,1H3,(H,25,29). The van der Waals surface area contributed by atoms with Crippen molar-refractivity contribution >= 4 is 23.1 Å². The van der Waals surface area contributed by atoms with E-state index < -0.39 is 46.9 Å². The van der Waals surface area contributed by atoms with Crippen molar-refractivity contribution in [2.24, 2.45) is 10.2 Å². The van der Waals surface area contributed by atoms with E-state index in [1.54, 1.807) is 18.2 Å². The van der Waals surface area contributed by atoms with Gasteiger partial charge in [-0.1, -0.05) is 18.2 Å². The maximum Gasteiger partial charge on any atom is 0.416 e. The zero-order chi connectivity index (χ0) is 21.8. The predicted octanol–water partition coefficient (Wildman–Crippen LogP) is 5.40. The Balaban J connectivity index is 2.35. The molecule has 1 atom stereocenters. The first-order valence-corrected chi connectivity index (χ1v) is 7.94. The largest absolute Gasteiger partial charge is 0.416 e. The smallest absolute Gasteiger partial charge is 0.324 e. The fourth-order valence-corrected chi connectivity index (χ4v) is 2.17. The molecule has 1 amide bonds. The number of alkyl halides is 6. The average Bonchev–Trinajstić information content (AvgIpc) is 2.60. The Morgan fingerprint density at radius 1 is 0.897 bits per heavy atom. The van der Waals surface area contributed by atoms with Crippen LogP contribution in [-0.4, -0.2) is 17.7 Å². The minimum absolute atomic E-state index is 0.0659. The molecule has 11 heteroatoms. The third-order valence-corrected chi connectivity index (χ3v) is 3.54. The van der Waals surface area contributed by atoms with Crippen LogP contribution >= 0.6 is 0 Å². The minimum Gasteiger partial charge on any atom is -0.324 e. The first-order chi connectivity index (χ1) is 13.4. The third-order valence-electron chi connectivity index (χ3n) is 3.54. The van der Waals surface area contributed by atoms with Crippen molar-refractivity contribution in [1.82, 2.24) is 0 Å². The number of ketones is 1. The number of amides is 1. The first kappa shape index (κ1) is 22.1. The van der Waals surface area contributed by atoms with Crippen LogP contribution in [0.1, 0.15) is 18.1 Å². The molecule has 0 fully saturated rings. The van der Waals surface area contributed by atoms with Crippen molar-refractivity contribution < 1.29 is 35.9 Å². The summed E-state index contributed by atoms with van der Waals surface area (Å²) in [7, 11) is 0. The second-order valence-corrected chi connectivity index (χ2v) is 5.85. The summed E-state index contributed by atoms with van der Waals surface area (Å²) in [4.78, 5) is 23.9. The predicted molar refractivity (Wildman–Crippen MR) is 90.5 cm³/mol. The quantitative estimate of drug-likeness (QED) is 0.402. The number of rotatable bonds is 5. The molecule has 29 heavy (non-hydrogen) atoms. The zero-order valence-electron chi connectivity index (χ0n) is 14.7. The highest BCUT2D eigenvalue weighted by Gasteiger charge is 2.37. The number of nitrogens with one attached hydrogen (secondary N) is 1. The number of benzene rings is 2. The van der Waals surface area contributed by atoms with Crippen LogP contribution in [0, 0.1) is 0 Å². The van der Waals surface area contributed by atoms with Gasteiger partial charge in [-0.2, -0.15) is 36.6 Å². The summed E-state index contributed by atoms with van der Waals surface area (Å²) in [6, 6.07) is 6.74. The van der Waals surface area contributed by atoms with Gasteiger partial charge in [-0.15, -0.1) is 0 Å². The summed E-state index contributed by atoms with van der Waals surface area (Å²) in [6.07, 6.45) is -10.1. The lowest BCUT2D eigenvalue weighted by Gasteiger charge is -2.13. The van der Waals surface area contributed by atoms with Crippen molar-refractivity contribution in [3.63, 3.8) is 0 Å². The number of para-hydroxylation sites is 1. The van der Waals surface area contributed by atoms with Gasteiger partial charge >= 0.3 is 12.4 Å². The van der Waals surface area contributed by atoms with Crippen molar-refractivity contribution in [3.8, 4) is 0 Å². The van der Waals surface area contributed by atoms with Crippen molar-refractivity contribution in [2.75, 3.05) is 5.32 Å². The highest BCUT2D eigenvalue weighted by molar-refractivity contribution is 6.10. The number of carbonyl (C=O) groups excluding carboxylic acids is 2. The lowest BCUT2D eigenvalue weighted by molar-refractivity contribution is -0.143. The number of hydrogen-bond acceptors (Lipinski definition) is 4. The van der Waals surface area contributed by atoms with E-state index >= 15 is 0 Å². The summed E-state index contributed by atoms with van der Waals surface area (Å²) in [6.45, 7) is 0.988. The van der Waals surface area contributed by atoms with E-state index in [9.17, 15) is 35.9 Å². The molecule has 0 spiro atoms. The number of azo groups is 1. The summed E-state index contributed by atoms with van der Waals surface area (Å²) in [5.41, 5.74) is -3.66. The van der Waals surface area contributed by atoms with Crippen molar-refractivity contribution in [1.29, 1.82) is 0 Å².